The van der Waals surface area contributed by atoms with Crippen molar-refractivity contribution in [3.05, 3.63) is 0 Å². The van der Waals surface area contributed by atoms with Gasteiger partial charge in [0.1, 0.15) is 80.2 Å². The van der Waals surface area contributed by atoms with E-state index in [1.54, 1.807) is 63.7 Å². The second-order valence-electron chi connectivity index (χ2n) is 46.1. The average molecular weight is 2120 g/mol. The van der Waals surface area contributed by atoms with Crippen LogP contribution in [0.15, 0.2) is 0 Å². The Labute approximate surface area is 907 Å². The smallest absolute Gasteiger partial charge is 0.140 e. The number of rotatable bonds is 13. The fraction of sp³-hybridized carbons (Fsp3) is 1.00. The van der Waals surface area contributed by atoms with Gasteiger partial charge in [0.15, 0.2) is 0 Å². The zero-order valence-electron chi connectivity index (χ0n) is 105. The van der Waals surface area contributed by atoms with Crippen LogP contribution in [0.2, 0.25) is 0 Å². The largest absolute Gasteiger partial charge is 1.00 e. The Morgan fingerprint density at radius 2 is 0.184 bits per heavy atom. The molecule has 0 aromatic rings. The van der Waals surface area contributed by atoms with E-state index in [1.807, 2.05) is 0 Å². The van der Waals surface area contributed by atoms with Crippen molar-refractivity contribution in [2.24, 2.45) is 0 Å². The number of nitrogens with one attached hydrogen (secondary N) is 13. The summed E-state index contributed by atoms with van der Waals surface area (Å²) in [7, 11) is 46.9. The van der Waals surface area contributed by atoms with E-state index in [9.17, 15) is 0 Å². The molecule has 39 unspecified atom stereocenters. The fourth-order valence-corrected chi connectivity index (χ4v) is 23.2. The Bertz CT molecular complexity index is 2420. The minimum absolute atomic E-state index is 0. The van der Waals surface area contributed by atoms with Crippen LogP contribution >= 0.6 is 0 Å². The molecular weight excluding hydrogens is 1870 g/mol. The molecule has 13 aliphatic heterocycles. The third-order valence-electron chi connectivity index (χ3n) is 38.1. The van der Waals surface area contributed by atoms with Crippen LogP contribution in [0.25, 0.3) is 0 Å². The predicted octanol–water partition coefficient (Wildman–Crippen LogP) is -24.4. The number of quaternary nitrogens is 13. The van der Waals surface area contributed by atoms with Gasteiger partial charge in [-0.1, -0.05) is 90.0 Å². The molecule has 884 valence electrons. The van der Waals surface area contributed by atoms with Gasteiger partial charge < -0.3 is 129 Å². The van der Waals surface area contributed by atoms with Gasteiger partial charge in [0.05, 0.1) is 255 Å². The lowest BCUT2D eigenvalue weighted by Crippen LogP contribution is -3.11. The highest BCUT2D eigenvalue weighted by Gasteiger charge is 2.44. The zero-order valence-corrected chi connectivity index (χ0v) is 105. The normalized spacial score (nSPS) is 38.4. The molecule has 13 fully saturated rings. The first-order chi connectivity index (χ1) is 67.6. The molecule has 38 nitrogen and oxygen atoms in total. The Morgan fingerprint density at radius 1 is 0.143 bits per heavy atom. The summed E-state index contributed by atoms with van der Waals surface area (Å²) in [6.45, 7) is 76.4. The molecule has 0 radical (unpaired) electrons. The van der Waals surface area contributed by atoms with Gasteiger partial charge in [-0.05, 0) is 175 Å². The van der Waals surface area contributed by atoms with Crippen molar-refractivity contribution >= 4 is 29.3 Å². The van der Waals surface area contributed by atoms with Crippen molar-refractivity contribution in [2.45, 2.75) is 422 Å². The van der Waals surface area contributed by atoms with E-state index in [-0.39, 0.29) is 4.70 Å². The van der Waals surface area contributed by atoms with Crippen LogP contribution < -0.4 is 129 Å². The van der Waals surface area contributed by atoms with Crippen molar-refractivity contribution < 1.29 is 129 Å². The molecule has 43 heteroatoms. The quantitative estimate of drug-likeness (QED) is 0.0762. The van der Waals surface area contributed by atoms with E-state index in [0.29, 0.717) is 80.2 Å². The highest BCUT2D eigenvalue weighted by atomic mass is 19.0. The summed E-state index contributed by atoms with van der Waals surface area (Å²) >= 11 is 0. The summed E-state index contributed by atoms with van der Waals surface area (Å²) in [6, 6.07) is 10.6. The molecule has 0 aromatic carbocycles. The highest BCUT2D eigenvalue weighted by molar-refractivity contribution is 6.24. The minimum atomic E-state index is -2.92. The monoisotopic (exact) mass is 2120 g/mol. The van der Waals surface area contributed by atoms with Crippen LogP contribution in [0.4, 0.5) is 0 Å². The molecule has 13 rings (SSSR count). The lowest BCUT2D eigenvalue weighted by atomic mass is 10.2. The van der Waals surface area contributed by atoms with E-state index in [4.69, 9.17) is 60.3 Å². The molecular formula is C104H247B4FN26O12. The SMILES string of the molecule is CCC1C[NH+](C)C(C)N1C.CCC1C[NH+](C)C(C)N1C.CCC1C[NH+](C)C(C)N1C.CCC1C[NH+](C)C(C)N1C.CCC1C[NH+](C)C(C)N1C.CCC1C[NH+](C)C(C)N1C.CCC1C[NH+](C)C(C)N1C.CCC1C[NH+](C)C(C)N1C.CCC1C[NH+](C)C(C)N1C.CCC1C[NH+](C)C(C)N1C.CCC1C[NH+](C)C(C)N1C.CCC1C[NH+](C)C(C)N1C.CCC1C[NH+](C)C(C)N1C.[F-].[O-]B([O-])[O-].[O-]B([O-])[O-].[O-]B([O-])[O-].[O-]B([O-])[O-]. The minimum Gasteiger partial charge on any atom is -1.00 e. The molecule has 39 atom stereocenters. The second-order valence-corrected chi connectivity index (χ2v) is 46.1. The summed E-state index contributed by atoms with van der Waals surface area (Å²) in [4.78, 5) is 53.7. The molecule has 0 bridgehead atoms. The molecule has 147 heavy (non-hydrogen) atoms. The zero-order chi connectivity index (χ0) is 115. The van der Waals surface area contributed by atoms with Crippen LogP contribution in [0, 0.1) is 0 Å². The maximum absolute atomic E-state index is 8.42. The van der Waals surface area contributed by atoms with Crippen molar-refractivity contribution in [1.29, 1.82) is 0 Å². The molecule has 0 aliphatic carbocycles. The number of halogens is 1. The molecule has 0 aromatic heterocycles. The molecule has 13 heterocycles. The Hall–Kier alpha value is -1.33. The lowest BCUT2D eigenvalue weighted by Gasteiger charge is -2.35. The summed E-state index contributed by atoms with van der Waals surface area (Å²) in [5, 5.41) is 101. The van der Waals surface area contributed by atoms with Crippen LogP contribution in [0.5, 0.6) is 0 Å². The van der Waals surface area contributed by atoms with Gasteiger partial charge in [-0.3, -0.25) is 29.3 Å². The average Bonchev–Trinajstić information content (AvgIpc) is 1.83. The number of nitrogens with zero attached hydrogens (tertiary/aromatic N) is 13. The van der Waals surface area contributed by atoms with Crippen molar-refractivity contribution in [3.8, 4) is 0 Å². The van der Waals surface area contributed by atoms with Gasteiger partial charge in [0.2, 0.25) is 0 Å². The maximum Gasteiger partial charge on any atom is 0.140 e. The topological polar surface area (TPSA) is 377 Å². The van der Waals surface area contributed by atoms with Gasteiger partial charge in [-0.2, -0.15) is 0 Å². The first-order valence-electron chi connectivity index (χ1n) is 57.5. The first-order valence-corrected chi connectivity index (χ1v) is 57.5. The second kappa shape index (κ2) is 80.4. The molecule has 13 N–H and O–H groups in total. The standard InChI is InChI=1S/13C8H18N2.4BO3.FH/c13*1-5-8-6-9(3)7(2)10(8)4;4*2-1(3)4;/h13*7-8H,5-6H2,1-4H3;;;;;1H/q;;;;;;;;;;;;;4*-3;/p+12. The van der Waals surface area contributed by atoms with Crippen LogP contribution in [0.1, 0.15) is 263 Å². The van der Waals surface area contributed by atoms with E-state index in [1.165, 1.54) is 169 Å². The molecule has 13 saturated heterocycles. The molecule has 0 amide bonds. The summed E-state index contributed by atoms with van der Waals surface area (Å²) < 4.78 is 0. The predicted molar refractivity (Wildman–Crippen MR) is 583 cm³/mol. The number of hydrogen-bond acceptors (Lipinski definition) is 25. The van der Waals surface area contributed by atoms with Crippen molar-refractivity contribution in [3.63, 3.8) is 0 Å². The summed E-state index contributed by atoms with van der Waals surface area (Å²) in [5.41, 5.74) is 0. The summed E-state index contributed by atoms with van der Waals surface area (Å²) in [6.07, 6.45) is 26.0. The van der Waals surface area contributed by atoms with Crippen molar-refractivity contribution in [2.75, 3.05) is 268 Å². The van der Waals surface area contributed by atoms with Gasteiger partial charge in [-0.15, -0.1) is 0 Å². The Kier molecular flexibility index (Phi) is 84.3. The maximum atomic E-state index is 8.42. The van der Waals surface area contributed by atoms with Crippen LogP contribution in [0.3, 0.4) is 0 Å². The lowest BCUT2D eigenvalue weighted by molar-refractivity contribution is -0.896. The van der Waals surface area contributed by atoms with Gasteiger partial charge in [0, 0.05) is 90.0 Å². The van der Waals surface area contributed by atoms with Crippen molar-refractivity contribution in [1.82, 2.24) is 63.7 Å². The van der Waals surface area contributed by atoms with Gasteiger partial charge >= 0.3 is 0 Å². The third-order valence-corrected chi connectivity index (χ3v) is 38.1. The van der Waals surface area contributed by atoms with E-state index in [0.717, 1.165) is 78.5 Å². The van der Waals surface area contributed by atoms with E-state index < -0.39 is 29.3 Å². The fourth-order valence-electron chi connectivity index (χ4n) is 23.2. The van der Waals surface area contributed by atoms with Crippen LogP contribution in [-0.2, 0) is 0 Å². The third kappa shape index (κ3) is 54.4. The van der Waals surface area contributed by atoms with E-state index in [2.05, 4.69) is 427 Å². The molecule has 0 saturated carbocycles. The van der Waals surface area contributed by atoms with E-state index >= 15 is 0 Å². The molecule has 13 aliphatic rings. The van der Waals surface area contributed by atoms with Gasteiger partial charge in [-0.25, -0.2) is 63.7 Å². The number of hydrogen-bond donors (Lipinski definition) is 13. The first kappa shape index (κ1) is 154. The molecule has 0 spiro atoms. The summed E-state index contributed by atoms with van der Waals surface area (Å²) in [5.74, 6) is 0. The van der Waals surface area contributed by atoms with Crippen LogP contribution in [-0.4, -0.2) is 520 Å². The Morgan fingerprint density at radius 3 is 0.197 bits per heavy atom. The van der Waals surface area contributed by atoms with Gasteiger partial charge in [0.25, 0.3) is 0 Å². The number of likely N-dealkylation sites (N-methyl/N-ethyl adjacent to an activating group) is 26. The Balaban J connectivity index is -0.000000489. The highest BCUT2D eigenvalue weighted by Crippen LogP contribution is 2.15.